The number of methoxy groups -OCH3 is 2. The average molecular weight is 432 g/mol. The standard InChI is InChI=1S/C22H26ClN3O4/c1-29-19-7-6-17(13-20(19)30-2)22(28)24-14-21(27)26-10-8-25(9-11-26)15-16-4-3-5-18(23)12-16/h3-7,12-13H,8-11,14-15H2,1-2H3,(H,24,28). The van der Waals surface area contributed by atoms with Crippen LogP contribution >= 0.6 is 11.6 Å². The number of carbonyl (C=O) groups excluding carboxylic acids is 2. The van der Waals surface area contributed by atoms with Gasteiger partial charge in [-0.2, -0.15) is 0 Å². The van der Waals surface area contributed by atoms with Crippen molar-refractivity contribution in [2.45, 2.75) is 6.54 Å². The lowest BCUT2D eigenvalue weighted by atomic mass is 10.2. The summed E-state index contributed by atoms with van der Waals surface area (Å²) in [5.41, 5.74) is 1.57. The Morgan fingerprint density at radius 2 is 1.73 bits per heavy atom. The third kappa shape index (κ3) is 5.64. The molecule has 0 aliphatic carbocycles. The van der Waals surface area contributed by atoms with Crippen molar-refractivity contribution in [2.75, 3.05) is 46.9 Å². The van der Waals surface area contributed by atoms with Crippen LogP contribution in [-0.4, -0.2) is 68.6 Å². The first kappa shape index (κ1) is 21.9. The van der Waals surface area contributed by atoms with Crippen molar-refractivity contribution in [3.63, 3.8) is 0 Å². The number of nitrogens with zero attached hydrogens (tertiary/aromatic N) is 2. The highest BCUT2D eigenvalue weighted by atomic mass is 35.5. The van der Waals surface area contributed by atoms with E-state index >= 15 is 0 Å². The number of nitrogens with one attached hydrogen (secondary N) is 1. The lowest BCUT2D eigenvalue weighted by molar-refractivity contribution is -0.131. The van der Waals surface area contributed by atoms with Crippen molar-refractivity contribution in [3.05, 3.63) is 58.6 Å². The number of hydrogen-bond acceptors (Lipinski definition) is 5. The predicted molar refractivity (Wildman–Crippen MR) is 115 cm³/mol. The summed E-state index contributed by atoms with van der Waals surface area (Å²) in [6.45, 7) is 3.58. The SMILES string of the molecule is COc1ccc(C(=O)NCC(=O)N2CCN(Cc3cccc(Cl)c3)CC2)cc1OC. The fraction of sp³-hybridized carbons (Fsp3) is 0.364. The molecule has 30 heavy (non-hydrogen) atoms. The molecule has 2 aromatic carbocycles. The lowest BCUT2D eigenvalue weighted by Gasteiger charge is -2.34. The lowest BCUT2D eigenvalue weighted by Crippen LogP contribution is -2.50. The van der Waals surface area contributed by atoms with Gasteiger partial charge in [-0.05, 0) is 35.9 Å². The maximum atomic E-state index is 12.5. The van der Waals surface area contributed by atoms with E-state index in [2.05, 4.69) is 10.2 Å². The first-order valence-corrected chi connectivity index (χ1v) is 10.1. The van der Waals surface area contributed by atoms with Crippen molar-refractivity contribution in [1.29, 1.82) is 0 Å². The zero-order chi connectivity index (χ0) is 21.5. The van der Waals surface area contributed by atoms with Crippen LogP contribution in [0.2, 0.25) is 5.02 Å². The number of carbonyl (C=O) groups is 2. The van der Waals surface area contributed by atoms with E-state index in [0.29, 0.717) is 30.2 Å². The molecule has 1 N–H and O–H groups in total. The monoisotopic (exact) mass is 431 g/mol. The van der Waals surface area contributed by atoms with E-state index in [1.165, 1.54) is 14.2 Å². The second-order valence-corrected chi connectivity index (χ2v) is 7.48. The van der Waals surface area contributed by atoms with E-state index in [9.17, 15) is 9.59 Å². The minimum absolute atomic E-state index is 0.0402. The summed E-state index contributed by atoms with van der Waals surface area (Å²) in [4.78, 5) is 29.0. The summed E-state index contributed by atoms with van der Waals surface area (Å²) in [5.74, 6) is 0.586. The van der Waals surface area contributed by atoms with Gasteiger partial charge in [0.2, 0.25) is 5.91 Å². The Morgan fingerprint density at radius 1 is 1.00 bits per heavy atom. The molecule has 7 nitrogen and oxygen atoms in total. The molecule has 160 valence electrons. The Bertz CT molecular complexity index is 898. The van der Waals surface area contributed by atoms with Gasteiger partial charge in [0.05, 0.1) is 20.8 Å². The number of halogens is 1. The number of rotatable bonds is 7. The molecule has 0 unspecified atom stereocenters. The molecule has 1 saturated heterocycles. The molecule has 1 heterocycles. The number of hydrogen-bond donors (Lipinski definition) is 1. The minimum atomic E-state index is -0.330. The first-order chi connectivity index (χ1) is 14.5. The molecule has 2 amide bonds. The molecule has 0 aromatic heterocycles. The summed E-state index contributed by atoms with van der Waals surface area (Å²) < 4.78 is 10.4. The predicted octanol–water partition coefficient (Wildman–Crippen LogP) is 2.43. The van der Waals surface area contributed by atoms with Crippen molar-refractivity contribution in [1.82, 2.24) is 15.1 Å². The van der Waals surface area contributed by atoms with Gasteiger partial charge in [-0.25, -0.2) is 0 Å². The van der Waals surface area contributed by atoms with Crippen LogP contribution in [0.5, 0.6) is 11.5 Å². The van der Waals surface area contributed by atoms with Crippen LogP contribution in [0.25, 0.3) is 0 Å². The van der Waals surface area contributed by atoms with E-state index in [-0.39, 0.29) is 18.4 Å². The maximum absolute atomic E-state index is 12.5. The molecule has 0 radical (unpaired) electrons. The van der Waals surface area contributed by atoms with Gasteiger partial charge in [-0.15, -0.1) is 0 Å². The summed E-state index contributed by atoms with van der Waals surface area (Å²) in [5, 5.41) is 3.42. The van der Waals surface area contributed by atoms with Gasteiger partial charge in [0, 0.05) is 43.3 Å². The molecule has 0 atom stereocenters. The van der Waals surface area contributed by atoms with Gasteiger partial charge >= 0.3 is 0 Å². The van der Waals surface area contributed by atoms with Gasteiger partial charge in [0.1, 0.15) is 0 Å². The normalized spacial score (nSPS) is 14.3. The highest BCUT2D eigenvalue weighted by Crippen LogP contribution is 2.27. The van der Waals surface area contributed by atoms with E-state index in [4.69, 9.17) is 21.1 Å². The molecule has 3 rings (SSSR count). The van der Waals surface area contributed by atoms with Crippen LogP contribution in [0.3, 0.4) is 0 Å². The second kappa shape index (κ2) is 10.3. The summed E-state index contributed by atoms with van der Waals surface area (Å²) in [6.07, 6.45) is 0. The Hall–Kier alpha value is -2.77. The Morgan fingerprint density at radius 3 is 2.40 bits per heavy atom. The zero-order valence-corrected chi connectivity index (χ0v) is 17.9. The molecular weight excluding hydrogens is 406 g/mol. The molecule has 0 saturated carbocycles. The van der Waals surface area contributed by atoms with Crippen molar-refractivity contribution in [3.8, 4) is 11.5 Å². The third-order valence-electron chi connectivity index (χ3n) is 5.07. The highest BCUT2D eigenvalue weighted by Gasteiger charge is 2.22. The van der Waals surface area contributed by atoms with Crippen LogP contribution in [0.4, 0.5) is 0 Å². The van der Waals surface area contributed by atoms with E-state index < -0.39 is 0 Å². The molecule has 1 aliphatic rings. The van der Waals surface area contributed by atoms with Crippen LogP contribution in [0.1, 0.15) is 15.9 Å². The van der Waals surface area contributed by atoms with Crippen molar-refractivity contribution in [2.24, 2.45) is 0 Å². The molecular formula is C22H26ClN3O4. The van der Waals surface area contributed by atoms with Crippen LogP contribution in [0, 0.1) is 0 Å². The van der Waals surface area contributed by atoms with Gasteiger partial charge < -0.3 is 19.7 Å². The van der Waals surface area contributed by atoms with Gasteiger partial charge in [-0.3, -0.25) is 14.5 Å². The molecule has 1 aliphatic heterocycles. The summed E-state index contributed by atoms with van der Waals surface area (Å²) in [7, 11) is 3.04. The maximum Gasteiger partial charge on any atom is 0.251 e. The quantitative estimate of drug-likeness (QED) is 0.729. The van der Waals surface area contributed by atoms with E-state index in [1.54, 1.807) is 23.1 Å². The third-order valence-corrected chi connectivity index (χ3v) is 5.30. The van der Waals surface area contributed by atoms with Crippen LogP contribution in [0.15, 0.2) is 42.5 Å². The summed E-state index contributed by atoms with van der Waals surface area (Å²) in [6, 6.07) is 12.7. The number of ether oxygens (including phenoxy) is 2. The summed E-state index contributed by atoms with van der Waals surface area (Å²) >= 11 is 6.04. The van der Waals surface area contributed by atoms with E-state index in [1.807, 2.05) is 24.3 Å². The Balaban J connectivity index is 1.46. The zero-order valence-electron chi connectivity index (χ0n) is 17.2. The van der Waals surface area contributed by atoms with Gasteiger partial charge in [-0.1, -0.05) is 23.7 Å². The number of amides is 2. The number of piperazine rings is 1. The van der Waals surface area contributed by atoms with Crippen LogP contribution in [-0.2, 0) is 11.3 Å². The largest absolute Gasteiger partial charge is 0.493 e. The van der Waals surface area contributed by atoms with Gasteiger partial charge in [0.25, 0.3) is 5.91 Å². The molecule has 0 spiro atoms. The second-order valence-electron chi connectivity index (χ2n) is 7.04. The van der Waals surface area contributed by atoms with Gasteiger partial charge in [0.15, 0.2) is 11.5 Å². The van der Waals surface area contributed by atoms with Crippen LogP contribution < -0.4 is 14.8 Å². The fourth-order valence-corrected chi connectivity index (χ4v) is 3.61. The molecule has 8 heteroatoms. The molecule has 2 aromatic rings. The fourth-order valence-electron chi connectivity index (χ4n) is 3.40. The Kier molecular flexibility index (Phi) is 7.54. The first-order valence-electron chi connectivity index (χ1n) is 9.75. The minimum Gasteiger partial charge on any atom is -0.493 e. The van der Waals surface area contributed by atoms with E-state index in [0.717, 1.165) is 30.2 Å². The van der Waals surface area contributed by atoms with Crippen molar-refractivity contribution >= 4 is 23.4 Å². The highest BCUT2D eigenvalue weighted by molar-refractivity contribution is 6.30. The topological polar surface area (TPSA) is 71.1 Å². The number of benzene rings is 2. The molecule has 1 fully saturated rings. The molecule has 0 bridgehead atoms. The smallest absolute Gasteiger partial charge is 0.251 e. The average Bonchev–Trinajstić information content (AvgIpc) is 2.77. The van der Waals surface area contributed by atoms with Crippen molar-refractivity contribution < 1.29 is 19.1 Å². The Labute approximate surface area is 181 Å².